The smallest absolute Gasteiger partial charge is 0.364 e. The highest BCUT2D eigenvalue weighted by atomic mass is 16.8. The second-order valence-electron chi connectivity index (χ2n) is 37.4. The molecule has 0 aromatic rings. The number of carboxylic acid groups (broad SMARTS) is 2. The number of unbranched alkanes of at least 4 members (excludes halogenated alkanes) is 31. The van der Waals surface area contributed by atoms with Crippen molar-refractivity contribution in [3.05, 3.63) is 12.2 Å². The lowest BCUT2D eigenvalue weighted by Gasteiger charge is -2.53. The Hall–Kier alpha value is -4.48. The topological polar surface area (TPSA) is 674 Å². The van der Waals surface area contributed by atoms with Crippen LogP contribution >= 0.6 is 0 Å². The molecular weight excluding hydrogens is 1780 g/mol. The van der Waals surface area contributed by atoms with Crippen LogP contribution in [0.25, 0.3) is 0 Å². The van der Waals surface area contributed by atoms with Crippen LogP contribution in [-0.2, 0) is 85.6 Å². The minimum atomic E-state index is -3.48. The largest absolute Gasteiger partial charge is 0.477 e. The molecule has 6 aliphatic heterocycles. The van der Waals surface area contributed by atoms with Crippen molar-refractivity contribution in [2.75, 3.05) is 46.2 Å². The number of hydrogen-bond acceptors (Lipinski definition) is 37. The molecule has 6 saturated heterocycles. The molecule has 0 bridgehead atoms. The van der Waals surface area contributed by atoms with E-state index in [9.17, 15) is 136 Å². The number of carbonyl (C=O) groups excluding carboxylic acids is 4. The van der Waals surface area contributed by atoms with Gasteiger partial charge in [0, 0.05) is 45.4 Å². The van der Waals surface area contributed by atoms with Crippen molar-refractivity contribution in [1.82, 2.24) is 16.0 Å². The van der Waals surface area contributed by atoms with Crippen molar-refractivity contribution < 1.29 is 193 Å². The van der Waals surface area contributed by atoms with Gasteiger partial charge in [-0.25, -0.2) is 9.59 Å². The number of nitrogens with one attached hydrogen (secondary N) is 3. The van der Waals surface area contributed by atoms with E-state index in [1.165, 1.54) is 135 Å². The molecule has 6 heterocycles. The van der Waals surface area contributed by atoms with Gasteiger partial charge < -0.3 is 185 Å². The number of allylic oxidation sites excluding steroid dienone is 2. The van der Waals surface area contributed by atoms with Crippen molar-refractivity contribution in [1.29, 1.82) is 0 Å². The standard InChI is InChI=1S/C93H165N3O39/c1-6-8-10-12-14-16-18-20-21-22-23-24-25-26-27-28-29-31-33-35-37-39-41-43-68(111)96-58(59(106)42-40-38-36-34-32-30-19-17-15-13-11-9-7-2)53-124-87-76(117)75(116)80(66(51-101)127-87)130-89-78(119)85(135-93(91(122)123)46-61(108)70(95-56(5)105)83(133-93)72(113)63(110)48-98)81(67(52-102)128-89)131-86-57(44-54(3)103)79(73(114)64(49-99)125-86)129-88-77(118)84(74(115)65(50-100)126-88)134-92(90(120)121)45-60(107)69(94-55(4)104)82(132-92)71(112)62(109)47-97/h20-21,57-67,69-89,97-102,106-110,112-119H,6-19,22-53H2,1-5H3,(H,94,104)(H,95,105)(H,96,111)(H,120,121)(H,122,123). The molecule has 135 heavy (non-hydrogen) atoms. The van der Waals surface area contributed by atoms with E-state index in [0.717, 1.165) is 91.4 Å². The fraction of sp³-hybridized carbons (Fsp3) is 0.914. The van der Waals surface area contributed by atoms with Crippen molar-refractivity contribution >= 4 is 35.4 Å². The Bertz CT molecular complexity index is 3350. The summed E-state index contributed by atoms with van der Waals surface area (Å²) in [7, 11) is 0. The molecule has 34 unspecified atom stereocenters. The fourth-order valence-electron chi connectivity index (χ4n) is 18.6. The lowest BCUT2D eigenvalue weighted by molar-refractivity contribution is -0.408. The maximum absolute atomic E-state index is 14.1. The van der Waals surface area contributed by atoms with Gasteiger partial charge in [0.1, 0.15) is 128 Å². The second kappa shape index (κ2) is 62.8. The van der Waals surface area contributed by atoms with Gasteiger partial charge in [-0.15, -0.1) is 0 Å². The Morgan fingerprint density at radius 1 is 0.400 bits per heavy atom. The van der Waals surface area contributed by atoms with E-state index >= 15 is 0 Å². The Kier molecular flexibility index (Phi) is 55.5. The SMILES string of the molecule is CCCCCCCCC=CCCCCCCCCCCCCCCCC(=O)NC(COC1OC(CO)C(OC2OC(CO)C(OC3OC(CO)C(O)C(OC4OC(CO)C(O)C(OC5(C(=O)O)CC(O)C(NC(C)=O)C(C(O)C(O)CO)O5)C4O)C3CC(C)=O)C(OC3(C(=O)O)CC(O)C(NC(C)=O)C(C(O)C(O)CO)O3)C2O)C(O)C1O)C(O)CCCCCCCCCCCCCCC. The monoisotopic (exact) mass is 1950 g/mol. The van der Waals surface area contributed by atoms with Crippen LogP contribution < -0.4 is 16.0 Å². The molecule has 6 fully saturated rings. The third-order valence-electron chi connectivity index (χ3n) is 26.4. The minimum absolute atomic E-state index is 0.119. The Morgan fingerprint density at radius 3 is 1.18 bits per heavy atom. The maximum Gasteiger partial charge on any atom is 0.364 e. The van der Waals surface area contributed by atoms with E-state index < -0.39 is 302 Å². The van der Waals surface area contributed by atoms with Gasteiger partial charge in [-0.2, -0.15) is 0 Å². The Labute approximate surface area is 791 Å². The van der Waals surface area contributed by atoms with Crippen molar-refractivity contribution in [2.45, 2.75) is 486 Å². The first kappa shape index (κ1) is 119. The van der Waals surface area contributed by atoms with Gasteiger partial charge in [0.2, 0.25) is 17.7 Å². The van der Waals surface area contributed by atoms with E-state index in [2.05, 4.69) is 41.9 Å². The molecule has 34 atom stereocenters. The van der Waals surface area contributed by atoms with E-state index in [1.54, 1.807) is 0 Å². The number of ether oxygens (including phenoxy) is 12. The molecule has 24 N–H and O–H groups in total. The summed E-state index contributed by atoms with van der Waals surface area (Å²) < 4.78 is 72.9. The lowest BCUT2D eigenvalue weighted by Crippen LogP contribution is -2.71. The van der Waals surface area contributed by atoms with Gasteiger partial charge in [0.05, 0.1) is 88.8 Å². The number of carbonyl (C=O) groups is 6. The van der Waals surface area contributed by atoms with Gasteiger partial charge in [0.15, 0.2) is 25.2 Å². The van der Waals surface area contributed by atoms with E-state index in [1.807, 2.05) is 0 Å². The van der Waals surface area contributed by atoms with Gasteiger partial charge in [-0.3, -0.25) is 14.4 Å². The number of rotatable bonds is 68. The number of hydrogen-bond donors (Lipinski definition) is 24. The van der Waals surface area contributed by atoms with Crippen molar-refractivity contribution in [3.63, 3.8) is 0 Å². The predicted octanol–water partition coefficient (Wildman–Crippen LogP) is 0.343. The summed E-state index contributed by atoms with van der Waals surface area (Å²) in [4.78, 5) is 79.9. The molecule has 0 aliphatic carbocycles. The van der Waals surface area contributed by atoms with E-state index in [0.29, 0.717) is 12.8 Å². The molecule has 42 nitrogen and oxygen atoms in total. The molecule has 0 radical (unpaired) electrons. The van der Waals surface area contributed by atoms with Crippen LogP contribution in [0, 0.1) is 5.92 Å². The number of aliphatic hydroxyl groups excluding tert-OH is 19. The Morgan fingerprint density at radius 2 is 0.763 bits per heavy atom. The number of aliphatic hydroxyl groups is 19. The highest BCUT2D eigenvalue weighted by Gasteiger charge is 2.64. The number of amides is 3. The molecule has 0 saturated carbocycles. The molecule has 0 aromatic heterocycles. The van der Waals surface area contributed by atoms with Crippen LogP contribution in [0.3, 0.4) is 0 Å². The number of carboxylic acids is 2. The Balaban J connectivity index is 1.23. The molecule has 6 rings (SSSR count). The number of aliphatic carboxylic acids is 2. The molecule has 0 spiro atoms. The van der Waals surface area contributed by atoms with Gasteiger partial charge in [0.25, 0.3) is 11.6 Å². The van der Waals surface area contributed by atoms with E-state index in [4.69, 9.17) is 56.8 Å². The summed E-state index contributed by atoms with van der Waals surface area (Å²) in [5.74, 6) is -16.0. The van der Waals surface area contributed by atoms with Crippen LogP contribution in [0.15, 0.2) is 12.2 Å². The summed E-state index contributed by atoms with van der Waals surface area (Å²) >= 11 is 0. The third-order valence-corrected chi connectivity index (χ3v) is 26.4. The zero-order valence-electron chi connectivity index (χ0n) is 79.4. The van der Waals surface area contributed by atoms with Crippen molar-refractivity contribution in [3.8, 4) is 0 Å². The first-order valence-corrected chi connectivity index (χ1v) is 49.4. The molecule has 6 aliphatic rings. The quantitative estimate of drug-likeness (QED) is 0.0288. The van der Waals surface area contributed by atoms with Crippen LogP contribution in [0.2, 0.25) is 0 Å². The molecule has 42 heteroatoms. The van der Waals surface area contributed by atoms with Crippen LogP contribution in [0.4, 0.5) is 0 Å². The highest BCUT2D eigenvalue weighted by molar-refractivity contribution is 5.78. The van der Waals surface area contributed by atoms with Crippen molar-refractivity contribution in [2.24, 2.45) is 5.92 Å². The number of ketones is 1. The summed E-state index contributed by atoms with van der Waals surface area (Å²) in [5.41, 5.74) is 0. The zero-order valence-corrected chi connectivity index (χ0v) is 79.4. The zero-order chi connectivity index (χ0) is 99.5. The van der Waals surface area contributed by atoms with Crippen LogP contribution in [0.5, 0.6) is 0 Å². The van der Waals surface area contributed by atoms with Crippen LogP contribution in [-0.4, -0.2) is 390 Å². The lowest BCUT2D eigenvalue weighted by atomic mass is 9.86. The average molecular weight is 1950 g/mol. The van der Waals surface area contributed by atoms with Gasteiger partial charge in [-0.05, 0) is 45.4 Å². The molecule has 786 valence electrons. The average Bonchev–Trinajstić information content (AvgIpc) is 0.748. The predicted molar refractivity (Wildman–Crippen MR) is 478 cm³/mol. The molecular formula is C93H165N3O39. The van der Waals surface area contributed by atoms with Gasteiger partial charge in [-0.1, -0.05) is 212 Å². The highest BCUT2D eigenvalue weighted by Crippen LogP contribution is 2.45. The minimum Gasteiger partial charge on any atom is -0.477 e. The van der Waals surface area contributed by atoms with Crippen LogP contribution in [0.1, 0.15) is 285 Å². The summed E-state index contributed by atoms with van der Waals surface area (Å²) in [6.45, 7) is -0.513. The second-order valence-corrected chi connectivity index (χ2v) is 37.4. The van der Waals surface area contributed by atoms with E-state index in [-0.39, 0.29) is 18.7 Å². The van der Waals surface area contributed by atoms with Gasteiger partial charge >= 0.3 is 11.9 Å². The first-order valence-electron chi connectivity index (χ1n) is 49.4. The summed E-state index contributed by atoms with van der Waals surface area (Å²) in [5, 5.41) is 246. The fourth-order valence-corrected chi connectivity index (χ4v) is 18.6. The number of Topliss-reactive ketones (excluding diaryl/α,β-unsaturated/α-hetero) is 1. The molecule has 3 amide bonds. The summed E-state index contributed by atoms with van der Waals surface area (Å²) in [6, 6.07) is -4.69. The molecule has 0 aromatic carbocycles. The normalized spacial score (nSPS) is 33.8. The third kappa shape index (κ3) is 37.0. The maximum atomic E-state index is 14.1. The first-order chi connectivity index (χ1) is 64.6. The summed E-state index contributed by atoms with van der Waals surface area (Å²) in [6.07, 6.45) is -21.8.